The van der Waals surface area contributed by atoms with E-state index in [1.54, 1.807) is 0 Å². The van der Waals surface area contributed by atoms with Gasteiger partial charge >= 0.3 is 7.60 Å². The zero-order valence-corrected chi connectivity index (χ0v) is 12.7. The van der Waals surface area contributed by atoms with Crippen LogP contribution in [0.1, 0.15) is 25.0 Å². The normalized spacial score (nSPS) is 11.7. The fraction of sp³-hybridized carbons (Fsp3) is 0.571. The second-order valence-corrected chi connectivity index (χ2v) is 6.46. The zero-order chi connectivity index (χ0) is 14.1. The van der Waals surface area contributed by atoms with Crippen LogP contribution in [-0.4, -0.2) is 25.9 Å². The minimum absolute atomic E-state index is 0.409. The lowest BCUT2D eigenvalue weighted by molar-refractivity contribution is 0.220. The Morgan fingerprint density at radius 3 is 1.89 bits per heavy atom. The molecule has 0 radical (unpaired) electrons. The topological polar surface area (TPSA) is 61.5 Å². The Hall–Kier alpha value is -0.670. The van der Waals surface area contributed by atoms with Crippen molar-refractivity contribution in [3.8, 4) is 0 Å². The summed E-state index contributed by atoms with van der Waals surface area (Å²) in [5.74, 6) is 0. The molecule has 0 saturated heterocycles. The minimum Gasteiger partial charge on any atom is -0.330 e. The predicted octanol–water partition coefficient (Wildman–Crippen LogP) is 3.00. The maximum atomic E-state index is 12.3. The lowest BCUT2D eigenvalue weighted by atomic mass is 10.1. The van der Waals surface area contributed by atoms with Crippen molar-refractivity contribution in [2.75, 3.05) is 25.9 Å². The number of aryl methyl sites for hydroxylation is 1. The second kappa shape index (κ2) is 8.49. The third-order valence-electron chi connectivity index (χ3n) is 2.78. The van der Waals surface area contributed by atoms with Crippen molar-refractivity contribution in [3.63, 3.8) is 0 Å². The van der Waals surface area contributed by atoms with Gasteiger partial charge < -0.3 is 14.8 Å². The first-order chi connectivity index (χ1) is 9.13. The molecule has 0 unspecified atom stereocenters. The minimum atomic E-state index is -2.93. The number of rotatable bonds is 9. The first kappa shape index (κ1) is 16.4. The van der Waals surface area contributed by atoms with Crippen LogP contribution in [-0.2, 0) is 26.5 Å². The maximum absolute atomic E-state index is 12.3. The molecule has 1 aromatic rings. The van der Waals surface area contributed by atoms with E-state index >= 15 is 0 Å². The first-order valence-corrected chi connectivity index (χ1v) is 8.52. The summed E-state index contributed by atoms with van der Waals surface area (Å²) in [5.41, 5.74) is 7.88. The van der Waals surface area contributed by atoms with Gasteiger partial charge in [-0.2, -0.15) is 0 Å². The highest BCUT2D eigenvalue weighted by Crippen LogP contribution is 2.48. The van der Waals surface area contributed by atoms with Crippen LogP contribution in [0.15, 0.2) is 24.3 Å². The van der Waals surface area contributed by atoms with Gasteiger partial charge in [0.2, 0.25) is 0 Å². The molecule has 0 aliphatic rings. The predicted molar refractivity (Wildman–Crippen MR) is 78.6 cm³/mol. The molecule has 5 heteroatoms. The molecule has 0 spiro atoms. The van der Waals surface area contributed by atoms with Crippen molar-refractivity contribution in [2.45, 2.75) is 26.7 Å². The van der Waals surface area contributed by atoms with Gasteiger partial charge in [-0.15, -0.1) is 0 Å². The van der Waals surface area contributed by atoms with E-state index in [0.29, 0.717) is 32.3 Å². The van der Waals surface area contributed by atoms with Gasteiger partial charge in [-0.3, -0.25) is 4.57 Å². The van der Waals surface area contributed by atoms with Crippen LogP contribution in [0.2, 0.25) is 0 Å². The monoisotopic (exact) mass is 285 g/mol. The standard InChI is InChI=1S/C14H24NO3P/c1-3-17-19(16,18-4-2)12-10-14-7-5-13(6-8-14)9-11-15/h5-8H,3-4,9-12,15H2,1-2H3. The molecule has 0 heterocycles. The summed E-state index contributed by atoms with van der Waals surface area (Å²) in [6.07, 6.45) is 2.00. The highest BCUT2D eigenvalue weighted by molar-refractivity contribution is 7.53. The largest absolute Gasteiger partial charge is 0.330 e. The number of hydrogen-bond acceptors (Lipinski definition) is 4. The lowest BCUT2D eigenvalue weighted by Crippen LogP contribution is -2.04. The number of nitrogens with two attached hydrogens (primary N) is 1. The zero-order valence-electron chi connectivity index (χ0n) is 11.8. The molecule has 0 bridgehead atoms. The summed E-state index contributed by atoms with van der Waals surface area (Å²) in [6, 6.07) is 8.23. The van der Waals surface area contributed by atoms with E-state index in [1.807, 2.05) is 26.0 Å². The molecule has 2 N–H and O–H groups in total. The number of benzene rings is 1. The van der Waals surface area contributed by atoms with Gasteiger partial charge in [-0.05, 0) is 44.4 Å². The quantitative estimate of drug-likeness (QED) is 0.708. The van der Waals surface area contributed by atoms with Crippen molar-refractivity contribution < 1.29 is 13.6 Å². The molecule has 0 aromatic heterocycles. The van der Waals surface area contributed by atoms with E-state index in [4.69, 9.17) is 14.8 Å². The van der Waals surface area contributed by atoms with Crippen LogP contribution in [0.4, 0.5) is 0 Å². The Bertz CT molecular complexity index is 396. The third-order valence-corrected chi connectivity index (χ3v) is 4.86. The fourth-order valence-electron chi connectivity index (χ4n) is 1.87. The summed E-state index contributed by atoms with van der Waals surface area (Å²) < 4.78 is 22.8. The Labute approximate surface area is 115 Å². The molecule has 0 amide bonds. The Morgan fingerprint density at radius 1 is 1.00 bits per heavy atom. The van der Waals surface area contributed by atoms with Crippen LogP contribution in [0, 0.1) is 0 Å². The maximum Gasteiger partial charge on any atom is 0.330 e. The molecule has 19 heavy (non-hydrogen) atoms. The van der Waals surface area contributed by atoms with Crippen molar-refractivity contribution in [2.24, 2.45) is 5.73 Å². The Morgan fingerprint density at radius 2 is 1.47 bits per heavy atom. The van der Waals surface area contributed by atoms with E-state index in [9.17, 15) is 4.57 Å². The van der Waals surface area contributed by atoms with Crippen LogP contribution in [0.25, 0.3) is 0 Å². The van der Waals surface area contributed by atoms with Crippen LogP contribution in [0.5, 0.6) is 0 Å². The van der Waals surface area contributed by atoms with Gasteiger partial charge in [0.25, 0.3) is 0 Å². The lowest BCUT2D eigenvalue weighted by Gasteiger charge is -2.16. The van der Waals surface area contributed by atoms with Gasteiger partial charge in [-0.1, -0.05) is 24.3 Å². The van der Waals surface area contributed by atoms with E-state index < -0.39 is 7.60 Å². The molecule has 0 aliphatic carbocycles. The van der Waals surface area contributed by atoms with E-state index in [2.05, 4.69) is 12.1 Å². The third kappa shape index (κ3) is 5.87. The van der Waals surface area contributed by atoms with Crippen molar-refractivity contribution >= 4 is 7.60 Å². The van der Waals surface area contributed by atoms with Crippen LogP contribution < -0.4 is 5.73 Å². The van der Waals surface area contributed by atoms with E-state index in [1.165, 1.54) is 5.56 Å². The SMILES string of the molecule is CCOP(=O)(CCc1ccc(CCN)cc1)OCC. The van der Waals surface area contributed by atoms with Crippen molar-refractivity contribution in [3.05, 3.63) is 35.4 Å². The molecule has 108 valence electrons. The van der Waals surface area contributed by atoms with Gasteiger partial charge in [0.05, 0.1) is 19.4 Å². The second-order valence-electron chi connectivity index (χ2n) is 4.28. The number of hydrogen-bond donors (Lipinski definition) is 1. The highest BCUT2D eigenvalue weighted by atomic mass is 31.2. The summed E-state index contributed by atoms with van der Waals surface area (Å²) in [5, 5.41) is 0. The molecular weight excluding hydrogens is 261 g/mol. The van der Waals surface area contributed by atoms with Gasteiger partial charge in [0.15, 0.2) is 0 Å². The average molecular weight is 285 g/mol. The molecular formula is C14H24NO3P. The summed E-state index contributed by atoms with van der Waals surface area (Å²) >= 11 is 0. The smallest absolute Gasteiger partial charge is 0.330 e. The van der Waals surface area contributed by atoms with Crippen molar-refractivity contribution in [1.29, 1.82) is 0 Å². The molecule has 4 nitrogen and oxygen atoms in total. The van der Waals surface area contributed by atoms with Gasteiger partial charge in [0.1, 0.15) is 0 Å². The fourth-order valence-corrected chi connectivity index (χ4v) is 3.52. The molecule has 0 aliphatic heterocycles. The first-order valence-electron chi connectivity index (χ1n) is 6.79. The van der Waals surface area contributed by atoms with E-state index in [-0.39, 0.29) is 0 Å². The van der Waals surface area contributed by atoms with Crippen LogP contribution >= 0.6 is 7.60 Å². The molecule has 1 rings (SSSR count). The Balaban J connectivity index is 2.56. The molecule has 0 atom stereocenters. The highest BCUT2D eigenvalue weighted by Gasteiger charge is 2.22. The van der Waals surface area contributed by atoms with E-state index in [0.717, 1.165) is 12.0 Å². The average Bonchev–Trinajstić information content (AvgIpc) is 2.39. The van der Waals surface area contributed by atoms with Crippen LogP contribution in [0.3, 0.4) is 0 Å². The van der Waals surface area contributed by atoms with Gasteiger partial charge in [-0.25, -0.2) is 0 Å². The summed E-state index contributed by atoms with van der Waals surface area (Å²) in [4.78, 5) is 0. The van der Waals surface area contributed by atoms with Gasteiger partial charge in [0, 0.05) is 0 Å². The molecule has 0 saturated carbocycles. The molecule has 0 fully saturated rings. The summed E-state index contributed by atoms with van der Waals surface area (Å²) in [7, 11) is -2.93. The Kier molecular flexibility index (Phi) is 7.32. The summed E-state index contributed by atoms with van der Waals surface area (Å²) in [6.45, 7) is 5.13. The molecule has 1 aromatic carbocycles. The van der Waals surface area contributed by atoms with Crippen molar-refractivity contribution in [1.82, 2.24) is 0 Å².